The Morgan fingerprint density at radius 3 is 2.65 bits per heavy atom. The zero-order valence-electron chi connectivity index (χ0n) is 14.9. The van der Waals surface area contributed by atoms with Gasteiger partial charge in [-0.25, -0.2) is 14.3 Å². The molecule has 10 nitrogen and oxygen atoms in total. The fraction of sp³-hybridized carbons (Fsp3) is 0.562. The number of piperidine rings is 1. The van der Waals surface area contributed by atoms with Gasteiger partial charge in [0.1, 0.15) is 6.54 Å². The van der Waals surface area contributed by atoms with E-state index in [0.717, 1.165) is 4.57 Å². The highest BCUT2D eigenvalue weighted by Gasteiger charge is 2.35. The summed E-state index contributed by atoms with van der Waals surface area (Å²) in [5.41, 5.74) is -0.733. The van der Waals surface area contributed by atoms with E-state index < -0.39 is 41.6 Å². The van der Waals surface area contributed by atoms with Crippen molar-refractivity contribution in [2.75, 3.05) is 6.54 Å². The molecule has 10 heteroatoms. The van der Waals surface area contributed by atoms with Gasteiger partial charge in [0.15, 0.2) is 11.2 Å². The number of carboxylic acid groups (broad SMARTS) is 1. The minimum Gasteiger partial charge on any atom is -0.481 e. The molecule has 0 aliphatic carbocycles. The van der Waals surface area contributed by atoms with Crippen LogP contribution in [0.3, 0.4) is 0 Å². The number of carbonyl (C=O) groups excluding carboxylic acids is 1. The standard InChI is InChI=1S/C16H21N5O5/c1-9-10(15(24)25)5-4-6-20(9)11(22)7-21-14(23)12-13(17-8-18(12)2)19(3)16(21)26/h8-10H,4-7H2,1-3H3,(H,24,25)/t9-,10-/m1/s1. The third-order valence-electron chi connectivity index (χ3n) is 5.12. The molecule has 3 rings (SSSR count). The Kier molecular flexibility index (Phi) is 4.43. The number of hydrogen-bond donors (Lipinski definition) is 1. The van der Waals surface area contributed by atoms with Gasteiger partial charge in [-0.1, -0.05) is 0 Å². The van der Waals surface area contributed by atoms with Crippen molar-refractivity contribution < 1.29 is 14.7 Å². The van der Waals surface area contributed by atoms with E-state index in [1.807, 2.05) is 0 Å². The number of rotatable bonds is 3. The minimum atomic E-state index is -0.945. The number of amides is 1. The zero-order chi connectivity index (χ0) is 19.2. The lowest BCUT2D eigenvalue weighted by Gasteiger charge is -2.37. The Bertz CT molecular complexity index is 1000. The molecule has 1 saturated heterocycles. The minimum absolute atomic E-state index is 0.231. The lowest BCUT2D eigenvalue weighted by Crippen LogP contribution is -2.52. The average molecular weight is 363 g/mol. The number of aliphatic carboxylic acids is 1. The number of carboxylic acids is 1. The molecule has 1 N–H and O–H groups in total. The van der Waals surface area contributed by atoms with E-state index in [4.69, 9.17) is 0 Å². The van der Waals surface area contributed by atoms with Gasteiger partial charge in [-0.2, -0.15) is 0 Å². The van der Waals surface area contributed by atoms with Crippen LogP contribution in [0.2, 0.25) is 0 Å². The summed E-state index contributed by atoms with van der Waals surface area (Å²) in [4.78, 5) is 54.7. The summed E-state index contributed by atoms with van der Waals surface area (Å²) in [6.45, 7) is 1.66. The second-order valence-electron chi connectivity index (χ2n) is 6.68. The number of fused-ring (bicyclic) bond motifs is 1. The molecular weight excluding hydrogens is 342 g/mol. The molecule has 1 aliphatic rings. The fourth-order valence-electron chi connectivity index (χ4n) is 3.59. The predicted molar refractivity (Wildman–Crippen MR) is 91.7 cm³/mol. The molecular formula is C16H21N5O5. The van der Waals surface area contributed by atoms with Crippen molar-refractivity contribution in [3.05, 3.63) is 27.2 Å². The van der Waals surface area contributed by atoms with E-state index in [-0.39, 0.29) is 11.2 Å². The van der Waals surface area contributed by atoms with E-state index in [1.54, 1.807) is 14.0 Å². The maximum atomic E-state index is 12.7. The van der Waals surface area contributed by atoms with Crippen molar-refractivity contribution in [2.24, 2.45) is 20.0 Å². The topological polar surface area (TPSA) is 119 Å². The summed E-state index contributed by atoms with van der Waals surface area (Å²) in [5.74, 6) is -2.03. The molecule has 0 bridgehead atoms. The second kappa shape index (κ2) is 6.43. The summed E-state index contributed by atoms with van der Waals surface area (Å²) in [6.07, 6.45) is 2.51. The van der Waals surface area contributed by atoms with Crippen LogP contribution < -0.4 is 11.2 Å². The van der Waals surface area contributed by atoms with Crippen LogP contribution in [0.5, 0.6) is 0 Å². The van der Waals surface area contributed by atoms with Gasteiger partial charge >= 0.3 is 11.7 Å². The number of carbonyl (C=O) groups is 2. The van der Waals surface area contributed by atoms with E-state index in [1.165, 1.54) is 27.4 Å². The van der Waals surface area contributed by atoms with Crippen LogP contribution in [0.1, 0.15) is 19.8 Å². The molecule has 0 radical (unpaired) electrons. The third kappa shape index (κ3) is 2.71. The first kappa shape index (κ1) is 17.9. The lowest BCUT2D eigenvalue weighted by molar-refractivity contribution is -0.149. The number of hydrogen-bond acceptors (Lipinski definition) is 5. The van der Waals surface area contributed by atoms with Gasteiger partial charge in [-0.15, -0.1) is 0 Å². The molecule has 26 heavy (non-hydrogen) atoms. The van der Waals surface area contributed by atoms with Crippen molar-refractivity contribution in [1.82, 2.24) is 23.6 Å². The summed E-state index contributed by atoms with van der Waals surface area (Å²) in [6, 6.07) is -0.492. The Balaban J connectivity index is 1.97. The highest BCUT2D eigenvalue weighted by molar-refractivity contribution is 5.79. The van der Waals surface area contributed by atoms with Crippen molar-refractivity contribution in [1.29, 1.82) is 0 Å². The number of aryl methyl sites for hydroxylation is 2. The Morgan fingerprint density at radius 2 is 2.00 bits per heavy atom. The second-order valence-corrected chi connectivity index (χ2v) is 6.68. The highest BCUT2D eigenvalue weighted by Crippen LogP contribution is 2.24. The fourth-order valence-corrected chi connectivity index (χ4v) is 3.59. The molecule has 0 spiro atoms. The van der Waals surface area contributed by atoms with Gasteiger partial charge in [0.05, 0.1) is 12.2 Å². The van der Waals surface area contributed by atoms with Gasteiger partial charge < -0.3 is 14.6 Å². The summed E-state index contributed by atoms with van der Waals surface area (Å²) >= 11 is 0. The number of nitrogens with zero attached hydrogens (tertiary/aromatic N) is 5. The van der Waals surface area contributed by atoms with Crippen LogP contribution >= 0.6 is 0 Å². The van der Waals surface area contributed by atoms with E-state index >= 15 is 0 Å². The highest BCUT2D eigenvalue weighted by atomic mass is 16.4. The molecule has 0 saturated carbocycles. The normalized spacial score (nSPS) is 20.5. The van der Waals surface area contributed by atoms with Crippen molar-refractivity contribution in [3.63, 3.8) is 0 Å². The van der Waals surface area contributed by atoms with Crippen LogP contribution in [0.15, 0.2) is 15.9 Å². The molecule has 2 aromatic heterocycles. The van der Waals surface area contributed by atoms with Crippen LogP contribution in [0, 0.1) is 5.92 Å². The van der Waals surface area contributed by atoms with Gasteiger partial charge in [-0.3, -0.25) is 19.0 Å². The van der Waals surface area contributed by atoms with E-state index in [2.05, 4.69) is 4.98 Å². The number of likely N-dealkylation sites (tertiary alicyclic amines) is 1. The summed E-state index contributed by atoms with van der Waals surface area (Å²) < 4.78 is 3.61. The molecule has 1 fully saturated rings. The van der Waals surface area contributed by atoms with Gasteiger partial charge in [0, 0.05) is 26.7 Å². The average Bonchev–Trinajstić information content (AvgIpc) is 2.98. The SMILES string of the molecule is C[C@@H]1[C@H](C(=O)O)CCCN1C(=O)Cn1c(=O)c2c(ncn2C)n(C)c1=O. The van der Waals surface area contributed by atoms with Crippen molar-refractivity contribution in [2.45, 2.75) is 32.4 Å². The summed E-state index contributed by atoms with van der Waals surface area (Å²) in [7, 11) is 3.12. The number of imidazole rings is 1. The third-order valence-corrected chi connectivity index (χ3v) is 5.12. The Morgan fingerprint density at radius 1 is 1.31 bits per heavy atom. The van der Waals surface area contributed by atoms with Gasteiger partial charge in [-0.05, 0) is 19.8 Å². The van der Waals surface area contributed by atoms with Gasteiger partial charge in [0.25, 0.3) is 5.56 Å². The predicted octanol–water partition coefficient (Wildman–Crippen LogP) is -0.855. The number of aromatic nitrogens is 4. The first-order chi connectivity index (χ1) is 12.2. The molecule has 2 aromatic rings. The molecule has 0 unspecified atom stereocenters. The first-order valence-electron chi connectivity index (χ1n) is 8.37. The molecule has 1 amide bonds. The van der Waals surface area contributed by atoms with Crippen LogP contribution in [-0.2, 0) is 30.2 Å². The van der Waals surface area contributed by atoms with Crippen LogP contribution in [0.4, 0.5) is 0 Å². The molecule has 2 atom stereocenters. The van der Waals surface area contributed by atoms with Gasteiger partial charge in [0.2, 0.25) is 5.91 Å². The van der Waals surface area contributed by atoms with Crippen LogP contribution in [-0.4, -0.2) is 53.2 Å². The molecule has 0 aromatic carbocycles. The van der Waals surface area contributed by atoms with Crippen molar-refractivity contribution in [3.8, 4) is 0 Å². The Labute approximate surface area is 148 Å². The Hall–Kier alpha value is -2.91. The molecule has 3 heterocycles. The lowest BCUT2D eigenvalue weighted by atomic mass is 9.90. The largest absolute Gasteiger partial charge is 0.481 e. The zero-order valence-corrected chi connectivity index (χ0v) is 14.9. The summed E-state index contributed by atoms with van der Waals surface area (Å²) in [5, 5.41) is 9.29. The molecule has 1 aliphatic heterocycles. The van der Waals surface area contributed by atoms with Crippen molar-refractivity contribution >= 4 is 23.0 Å². The first-order valence-corrected chi connectivity index (χ1v) is 8.37. The maximum Gasteiger partial charge on any atom is 0.332 e. The van der Waals surface area contributed by atoms with E-state index in [0.29, 0.717) is 19.4 Å². The van der Waals surface area contributed by atoms with Crippen LogP contribution in [0.25, 0.3) is 11.2 Å². The smallest absolute Gasteiger partial charge is 0.332 e. The monoisotopic (exact) mass is 363 g/mol. The maximum absolute atomic E-state index is 12.7. The molecule has 140 valence electrons. The van der Waals surface area contributed by atoms with E-state index in [9.17, 15) is 24.3 Å². The quantitative estimate of drug-likeness (QED) is 0.758.